The van der Waals surface area contributed by atoms with Gasteiger partial charge in [0.05, 0.1) is 0 Å². The Bertz CT molecular complexity index is 342. The highest BCUT2D eigenvalue weighted by atomic mass is 15.0. The molecule has 1 aliphatic carbocycles. The molecule has 0 spiro atoms. The minimum Gasteiger partial charge on any atom is -0.351 e. The second-order valence-electron chi connectivity index (χ2n) is 5.67. The fraction of sp³-hybridized carbons (Fsp3) is 0.733. The van der Waals surface area contributed by atoms with Gasteiger partial charge in [-0.25, -0.2) is 0 Å². The lowest BCUT2D eigenvalue weighted by Gasteiger charge is -2.33. The van der Waals surface area contributed by atoms with E-state index in [1.54, 1.807) is 0 Å². The van der Waals surface area contributed by atoms with Crippen molar-refractivity contribution in [1.29, 1.82) is 0 Å². The van der Waals surface area contributed by atoms with Crippen LogP contribution in [0.3, 0.4) is 0 Å². The van der Waals surface area contributed by atoms with Crippen LogP contribution in [0.4, 0.5) is 0 Å². The van der Waals surface area contributed by atoms with Crippen molar-refractivity contribution in [2.75, 3.05) is 0 Å². The molecule has 0 bridgehead atoms. The Morgan fingerprint density at radius 3 is 2.88 bits per heavy atom. The molecular weight excluding hydrogens is 208 g/mol. The summed E-state index contributed by atoms with van der Waals surface area (Å²) in [6, 6.07) is 5.09. The van der Waals surface area contributed by atoms with Gasteiger partial charge in [-0.3, -0.25) is 0 Å². The van der Waals surface area contributed by atoms with E-state index >= 15 is 0 Å². The van der Waals surface area contributed by atoms with Crippen molar-refractivity contribution >= 4 is 0 Å². The Morgan fingerprint density at radius 1 is 1.35 bits per heavy atom. The van der Waals surface area contributed by atoms with Gasteiger partial charge >= 0.3 is 0 Å². The monoisotopic (exact) mass is 234 g/mol. The van der Waals surface area contributed by atoms with Crippen LogP contribution in [0.2, 0.25) is 0 Å². The highest BCUT2D eigenvalue weighted by Crippen LogP contribution is 2.28. The second-order valence-corrected chi connectivity index (χ2v) is 5.67. The van der Waals surface area contributed by atoms with E-state index in [0.717, 1.165) is 24.9 Å². The molecule has 3 atom stereocenters. The molecule has 0 aliphatic heterocycles. The molecule has 1 heterocycles. The molecule has 0 saturated heterocycles. The van der Waals surface area contributed by atoms with Gasteiger partial charge in [0.2, 0.25) is 0 Å². The fourth-order valence-corrected chi connectivity index (χ4v) is 3.12. The van der Waals surface area contributed by atoms with Crippen LogP contribution in [0, 0.1) is 11.8 Å². The van der Waals surface area contributed by atoms with Crippen LogP contribution >= 0.6 is 0 Å². The van der Waals surface area contributed by atoms with Gasteiger partial charge in [0.15, 0.2) is 0 Å². The van der Waals surface area contributed by atoms with Crippen molar-refractivity contribution in [1.82, 2.24) is 9.88 Å². The molecule has 1 N–H and O–H groups in total. The Morgan fingerprint density at radius 2 is 2.18 bits per heavy atom. The molecule has 3 unspecified atom stereocenters. The topological polar surface area (TPSA) is 17.0 Å². The standard InChI is InChI=1S/C15H26N2/c1-4-17-9-5-6-14(17)11-16-15-8-7-12(2)10-13(15)3/h5-6,9,12-13,15-16H,4,7-8,10-11H2,1-3H3. The first-order valence-electron chi connectivity index (χ1n) is 7.08. The molecule has 0 aromatic carbocycles. The second kappa shape index (κ2) is 5.72. The van der Waals surface area contributed by atoms with E-state index in [2.05, 4.69) is 49.0 Å². The minimum atomic E-state index is 0.714. The highest BCUT2D eigenvalue weighted by Gasteiger charge is 2.24. The summed E-state index contributed by atoms with van der Waals surface area (Å²) in [6.45, 7) is 9.07. The lowest BCUT2D eigenvalue weighted by atomic mass is 9.80. The zero-order chi connectivity index (χ0) is 12.3. The molecule has 96 valence electrons. The summed E-state index contributed by atoms with van der Waals surface area (Å²) >= 11 is 0. The Kier molecular flexibility index (Phi) is 4.27. The molecule has 2 heteroatoms. The van der Waals surface area contributed by atoms with E-state index in [4.69, 9.17) is 0 Å². The summed E-state index contributed by atoms with van der Waals surface area (Å²) in [6.07, 6.45) is 6.28. The van der Waals surface area contributed by atoms with E-state index in [1.165, 1.54) is 25.0 Å². The molecule has 17 heavy (non-hydrogen) atoms. The first kappa shape index (κ1) is 12.7. The maximum absolute atomic E-state index is 3.75. The normalized spacial score (nSPS) is 29.5. The van der Waals surface area contributed by atoms with Crippen LogP contribution in [0.25, 0.3) is 0 Å². The molecule has 1 aromatic rings. The van der Waals surface area contributed by atoms with Crippen LogP contribution in [0.15, 0.2) is 18.3 Å². The highest BCUT2D eigenvalue weighted by molar-refractivity contribution is 5.07. The van der Waals surface area contributed by atoms with Gasteiger partial charge in [-0.15, -0.1) is 0 Å². The summed E-state index contributed by atoms with van der Waals surface area (Å²) in [5, 5.41) is 3.75. The smallest absolute Gasteiger partial charge is 0.0361 e. The van der Waals surface area contributed by atoms with Crippen LogP contribution < -0.4 is 5.32 Å². The molecule has 2 nitrogen and oxygen atoms in total. The van der Waals surface area contributed by atoms with Crippen molar-refractivity contribution in [2.45, 2.75) is 59.2 Å². The predicted molar refractivity (Wildman–Crippen MR) is 72.9 cm³/mol. The van der Waals surface area contributed by atoms with Gasteiger partial charge in [0, 0.05) is 31.0 Å². The minimum absolute atomic E-state index is 0.714. The van der Waals surface area contributed by atoms with Crippen LogP contribution in [-0.2, 0) is 13.1 Å². The van der Waals surface area contributed by atoms with Crippen LogP contribution in [0.5, 0.6) is 0 Å². The summed E-state index contributed by atoms with van der Waals surface area (Å²) in [5.41, 5.74) is 1.42. The van der Waals surface area contributed by atoms with Crippen molar-refractivity contribution in [3.63, 3.8) is 0 Å². The number of aromatic nitrogens is 1. The molecule has 1 fully saturated rings. The predicted octanol–water partition coefficient (Wildman–Crippen LogP) is 3.42. The number of rotatable bonds is 4. The first-order valence-corrected chi connectivity index (χ1v) is 7.08. The Balaban J connectivity index is 1.86. The lowest BCUT2D eigenvalue weighted by Crippen LogP contribution is -2.38. The average molecular weight is 234 g/mol. The molecular formula is C15H26N2. The molecule has 1 aromatic heterocycles. The third-order valence-electron chi connectivity index (χ3n) is 4.24. The average Bonchev–Trinajstić information content (AvgIpc) is 2.75. The van der Waals surface area contributed by atoms with Gasteiger partial charge in [-0.2, -0.15) is 0 Å². The van der Waals surface area contributed by atoms with Gasteiger partial charge < -0.3 is 9.88 Å². The largest absolute Gasteiger partial charge is 0.351 e. The van der Waals surface area contributed by atoms with E-state index in [0.29, 0.717) is 6.04 Å². The SMILES string of the molecule is CCn1cccc1CNC1CCC(C)CC1C. The van der Waals surface area contributed by atoms with Gasteiger partial charge in [-0.1, -0.05) is 13.8 Å². The number of aryl methyl sites for hydroxylation is 1. The maximum atomic E-state index is 3.75. The summed E-state index contributed by atoms with van der Waals surface area (Å²) in [7, 11) is 0. The third kappa shape index (κ3) is 3.12. The van der Waals surface area contributed by atoms with Crippen molar-refractivity contribution < 1.29 is 0 Å². The number of hydrogen-bond acceptors (Lipinski definition) is 1. The van der Waals surface area contributed by atoms with Gasteiger partial charge in [0.25, 0.3) is 0 Å². The zero-order valence-electron chi connectivity index (χ0n) is 11.4. The maximum Gasteiger partial charge on any atom is 0.0361 e. The van der Waals surface area contributed by atoms with Crippen molar-refractivity contribution in [3.8, 4) is 0 Å². The van der Waals surface area contributed by atoms with E-state index in [-0.39, 0.29) is 0 Å². The van der Waals surface area contributed by atoms with Gasteiger partial charge in [0.1, 0.15) is 0 Å². The lowest BCUT2D eigenvalue weighted by molar-refractivity contribution is 0.226. The molecule has 0 radical (unpaired) electrons. The Hall–Kier alpha value is -0.760. The third-order valence-corrected chi connectivity index (χ3v) is 4.24. The zero-order valence-corrected chi connectivity index (χ0v) is 11.4. The van der Waals surface area contributed by atoms with E-state index in [9.17, 15) is 0 Å². The Labute approximate surface area is 105 Å². The number of nitrogens with zero attached hydrogens (tertiary/aromatic N) is 1. The molecule has 2 rings (SSSR count). The summed E-state index contributed by atoms with van der Waals surface area (Å²) < 4.78 is 2.32. The quantitative estimate of drug-likeness (QED) is 0.844. The number of nitrogens with one attached hydrogen (secondary N) is 1. The van der Waals surface area contributed by atoms with Crippen molar-refractivity contribution in [2.24, 2.45) is 11.8 Å². The van der Waals surface area contributed by atoms with Gasteiger partial charge in [-0.05, 0) is 50.2 Å². The summed E-state index contributed by atoms with van der Waals surface area (Å²) in [4.78, 5) is 0. The fourth-order valence-electron chi connectivity index (χ4n) is 3.12. The van der Waals surface area contributed by atoms with Crippen LogP contribution in [-0.4, -0.2) is 10.6 Å². The molecule has 0 amide bonds. The number of hydrogen-bond donors (Lipinski definition) is 1. The molecule has 1 saturated carbocycles. The van der Waals surface area contributed by atoms with Crippen LogP contribution in [0.1, 0.15) is 45.7 Å². The summed E-state index contributed by atoms with van der Waals surface area (Å²) in [5.74, 6) is 1.74. The molecule has 1 aliphatic rings. The van der Waals surface area contributed by atoms with Crippen molar-refractivity contribution in [3.05, 3.63) is 24.0 Å². The first-order chi connectivity index (χ1) is 8.20. The van der Waals surface area contributed by atoms with E-state index in [1.807, 2.05) is 0 Å². The van der Waals surface area contributed by atoms with E-state index < -0.39 is 0 Å².